The zero-order chi connectivity index (χ0) is 17.2. The van der Waals surface area contributed by atoms with Gasteiger partial charge in [-0.3, -0.25) is 9.59 Å². The van der Waals surface area contributed by atoms with E-state index in [4.69, 9.17) is 4.52 Å². The Balaban J connectivity index is 1.62. The number of fused-ring (bicyclic) bond motifs is 1. The molecule has 1 aliphatic heterocycles. The van der Waals surface area contributed by atoms with E-state index in [0.29, 0.717) is 26.2 Å². The minimum absolute atomic E-state index is 0.00919. The van der Waals surface area contributed by atoms with Crippen LogP contribution in [-0.2, 0) is 19.6 Å². The minimum atomic E-state index is -0.243. The molecule has 0 unspecified atom stereocenters. The summed E-state index contributed by atoms with van der Waals surface area (Å²) in [6.45, 7) is 1.90. The van der Waals surface area contributed by atoms with Gasteiger partial charge in [0.2, 0.25) is 5.76 Å². The summed E-state index contributed by atoms with van der Waals surface area (Å²) in [6, 6.07) is 4.63. The van der Waals surface area contributed by atoms with Gasteiger partial charge in [0.05, 0.1) is 19.3 Å². The molecule has 0 aliphatic carbocycles. The molecule has 0 spiro atoms. The van der Waals surface area contributed by atoms with Gasteiger partial charge in [0.25, 0.3) is 11.5 Å². The number of nitrogens with zero attached hydrogens (tertiary/aromatic N) is 6. The lowest BCUT2D eigenvalue weighted by Crippen LogP contribution is -2.36. The summed E-state index contributed by atoms with van der Waals surface area (Å²) in [5.41, 5.74) is -0.161. The second-order valence-corrected chi connectivity index (χ2v) is 5.97. The number of imidazole rings is 1. The predicted molar refractivity (Wildman–Crippen MR) is 85.5 cm³/mol. The summed E-state index contributed by atoms with van der Waals surface area (Å²) in [6.07, 6.45) is 6.61. The van der Waals surface area contributed by atoms with Crippen LogP contribution in [0.4, 0.5) is 0 Å². The summed E-state index contributed by atoms with van der Waals surface area (Å²) < 4.78 is 8.42. The molecule has 1 aliphatic rings. The Morgan fingerprint density at radius 3 is 2.96 bits per heavy atom. The van der Waals surface area contributed by atoms with Crippen molar-refractivity contribution in [2.45, 2.75) is 19.6 Å². The van der Waals surface area contributed by atoms with Crippen LogP contribution < -0.4 is 5.56 Å². The quantitative estimate of drug-likeness (QED) is 0.684. The Bertz CT molecular complexity index is 929. The van der Waals surface area contributed by atoms with Gasteiger partial charge in [-0.2, -0.15) is 5.10 Å². The van der Waals surface area contributed by atoms with Crippen molar-refractivity contribution >= 4 is 5.91 Å². The molecule has 1 atom stereocenters. The molecule has 0 fully saturated rings. The fraction of sp³-hybridized carbons (Fsp3) is 0.312. The van der Waals surface area contributed by atoms with E-state index in [2.05, 4.69) is 15.2 Å². The first-order valence-corrected chi connectivity index (χ1v) is 7.93. The summed E-state index contributed by atoms with van der Waals surface area (Å²) in [5.74, 6) is 0.750. The summed E-state index contributed by atoms with van der Waals surface area (Å²) in [5, 5.41) is 7.71. The Labute approximate surface area is 142 Å². The SMILES string of the molecule is O=C(c1ccno1)N1Cc2nccn2C[C@@H](Cn2ncccc2=O)C1. The van der Waals surface area contributed by atoms with Crippen LogP contribution in [0.25, 0.3) is 0 Å². The monoisotopic (exact) mass is 340 g/mol. The molecule has 0 N–H and O–H groups in total. The van der Waals surface area contributed by atoms with Crippen molar-refractivity contribution in [3.63, 3.8) is 0 Å². The molecule has 0 radical (unpaired) electrons. The number of amides is 1. The predicted octanol–water partition coefficient (Wildman–Crippen LogP) is 0.400. The lowest BCUT2D eigenvalue weighted by atomic mass is 10.1. The zero-order valence-corrected chi connectivity index (χ0v) is 13.4. The van der Waals surface area contributed by atoms with Crippen molar-refractivity contribution in [3.05, 3.63) is 64.9 Å². The van der Waals surface area contributed by atoms with E-state index >= 15 is 0 Å². The molecule has 3 aromatic heterocycles. The third-order valence-corrected chi connectivity index (χ3v) is 4.22. The van der Waals surface area contributed by atoms with Gasteiger partial charge >= 0.3 is 0 Å². The highest BCUT2D eigenvalue weighted by Crippen LogP contribution is 2.18. The standard InChI is InChI=1S/C16H16N6O3/c23-15-2-1-4-18-22(15)10-12-8-20-7-6-17-14(20)11-21(9-12)16(24)13-3-5-19-25-13/h1-7,12H,8-11H2/t12-/m1/s1. The maximum Gasteiger partial charge on any atom is 0.292 e. The normalized spacial score (nSPS) is 17.1. The summed E-state index contributed by atoms with van der Waals surface area (Å²) in [7, 11) is 0. The van der Waals surface area contributed by atoms with Crippen molar-refractivity contribution in [2.75, 3.05) is 6.54 Å². The van der Waals surface area contributed by atoms with Crippen LogP contribution in [0.5, 0.6) is 0 Å². The van der Waals surface area contributed by atoms with E-state index in [1.807, 2.05) is 10.8 Å². The van der Waals surface area contributed by atoms with Gasteiger partial charge in [-0.25, -0.2) is 9.67 Å². The molecule has 1 amide bonds. The number of carbonyl (C=O) groups excluding carboxylic acids is 1. The Morgan fingerprint density at radius 1 is 1.24 bits per heavy atom. The molecule has 3 aromatic rings. The second kappa shape index (κ2) is 6.34. The highest BCUT2D eigenvalue weighted by molar-refractivity contribution is 5.91. The van der Waals surface area contributed by atoms with Crippen molar-refractivity contribution < 1.29 is 9.32 Å². The third kappa shape index (κ3) is 3.08. The Morgan fingerprint density at radius 2 is 2.16 bits per heavy atom. The van der Waals surface area contributed by atoms with Gasteiger partial charge in [0, 0.05) is 49.7 Å². The topological polar surface area (TPSA) is 99.1 Å². The van der Waals surface area contributed by atoms with Crippen LogP contribution >= 0.6 is 0 Å². The van der Waals surface area contributed by atoms with Crippen molar-refractivity contribution in [1.82, 2.24) is 29.4 Å². The van der Waals surface area contributed by atoms with Crippen LogP contribution in [0.1, 0.15) is 16.4 Å². The van der Waals surface area contributed by atoms with Crippen LogP contribution in [-0.4, -0.2) is 41.8 Å². The molecular formula is C16H16N6O3. The highest BCUT2D eigenvalue weighted by atomic mass is 16.5. The van der Waals surface area contributed by atoms with E-state index in [0.717, 1.165) is 5.82 Å². The van der Waals surface area contributed by atoms with E-state index in [9.17, 15) is 9.59 Å². The molecule has 9 nitrogen and oxygen atoms in total. The van der Waals surface area contributed by atoms with Gasteiger partial charge in [-0.1, -0.05) is 5.16 Å². The molecular weight excluding hydrogens is 324 g/mol. The molecule has 0 saturated heterocycles. The third-order valence-electron chi connectivity index (χ3n) is 4.22. The smallest absolute Gasteiger partial charge is 0.292 e. The first kappa shape index (κ1) is 15.3. The van der Waals surface area contributed by atoms with Crippen LogP contribution in [0.15, 0.2) is 52.3 Å². The number of hydrogen-bond acceptors (Lipinski definition) is 6. The van der Waals surface area contributed by atoms with Crippen LogP contribution in [0.2, 0.25) is 0 Å². The highest BCUT2D eigenvalue weighted by Gasteiger charge is 2.28. The van der Waals surface area contributed by atoms with E-state index in [1.165, 1.54) is 23.0 Å². The lowest BCUT2D eigenvalue weighted by Gasteiger charge is -2.23. The lowest BCUT2D eigenvalue weighted by molar-refractivity contribution is 0.0670. The van der Waals surface area contributed by atoms with Crippen molar-refractivity contribution in [2.24, 2.45) is 5.92 Å². The molecule has 0 saturated carbocycles. The molecule has 25 heavy (non-hydrogen) atoms. The largest absolute Gasteiger partial charge is 0.351 e. The number of aromatic nitrogens is 5. The van der Waals surface area contributed by atoms with Crippen LogP contribution in [0.3, 0.4) is 0 Å². The minimum Gasteiger partial charge on any atom is -0.351 e. The number of hydrogen-bond donors (Lipinski definition) is 0. The number of rotatable bonds is 3. The Hall–Kier alpha value is -3.23. The average molecular weight is 340 g/mol. The Kier molecular flexibility index (Phi) is 3.88. The average Bonchev–Trinajstić information content (AvgIpc) is 3.25. The molecule has 0 aromatic carbocycles. The first-order chi connectivity index (χ1) is 12.2. The van der Waals surface area contributed by atoms with Gasteiger partial charge < -0.3 is 14.0 Å². The van der Waals surface area contributed by atoms with E-state index in [1.54, 1.807) is 23.4 Å². The van der Waals surface area contributed by atoms with Crippen molar-refractivity contribution in [1.29, 1.82) is 0 Å². The molecule has 128 valence electrons. The van der Waals surface area contributed by atoms with Gasteiger partial charge in [-0.05, 0) is 6.07 Å². The molecule has 9 heteroatoms. The number of carbonyl (C=O) groups is 1. The fourth-order valence-electron chi connectivity index (χ4n) is 3.06. The summed E-state index contributed by atoms with van der Waals surface area (Å²) in [4.78, 5) is 30.6. The van der Waals surface area contributed by atoms with E-state index < -0.39 is 0 Å². The molecule has 4 heterocycles. The van der Waals surface area contributed by atoms with E-state index in [-0.39, 0.29) is 23.1 Å². The van der Waals surface area contributed by atoms with Gasteiger partial charge in [0.15, 0.2) is 0 Å². The molecule has 0 bridgehead atoms. The first-order valence-electron chi connectivity index (χ1n) is 7.93. The fourth-order valence-corrected chi connectivity index (χ4v) is 3.06. The van der Waals surface area contributed by atoms with Gasteiger partial charge in [0.1, 0.15) is 5.82 Å². The molecule has 4 rings (SSSR count). The second-order valence-electron chi connectivity index (χ2n) is 5.97. The summed E-state index contributed by atoms with van der Waals surface area (Å²) >= 11 is 0. The maximum atomic E-state index is 12.7. The van der Waals surface area contributed by atoms with Crippen molar-refractivity contribution in [3.8, 4) is 0 Å². The van der Waals surface area contributed by atoms with Gasteiger partial charge in [-0.15, -0.1) is 0 Å². The maximum absolute atomic E-state index is 12.7. The van der Waals surface area contributed by atoms with Crippen LogP contribution in [0, 0.1) is 5.92 Å². The zero-order valence-electron chi connectivity index (χ0n) is 13.4.